The predicted molar refractivity (Wildman–Crippen MR) is 132 cm³/mol. The molecule has 0 N–H and O–H groups in total. The Morgan fingerprint density at radius 2 is 1.69 bits per heavy atom. The van der Waals surface area contributed by atoms with Crippen molar-refractivity contribution in [1.29, 1.82) is 0 Å². The first-order chi connectivity index (χ1) is 16.7. The molecular formula is C28H34F2N4O. The molecule has 0 radical (unpaired) electrons. The van der Waals surface area contributed by atoms with E-state index in [0.29, 0.717) is 6.42 Å². The van der Waals surface area contributed by atoms with Crippen LogP contribution in [0.5, 0.6) is 0 Å². The van der Waals surface area contributed by atoms with Crippen molar-refractivity contribution in [2.45, 2.75) is 71.6 Å². The number of hydrogen-bond acceptors (Lipinski definition) is 5. The van der Waals surface area contributed by atoms with Gasteiger partial charge in [0, 0.05) is 25.3 Å². The second kappa shape index (κ2) is 10.1. The second-order valence-corrected chi connectivity index (χ2v) is 10.5. The molecule has 186 valence electrons. The largest absolute Gasteiger partial charge is 0.381 e. The van der Waals surface area contributed by atoms with E-state index in [1.54, 1.807) is 6.07 Å². The number of aryl methyl sites for hydroxylation is 1. The Morgan fingerprint density at radius 3 is 2.31 bits per heavy atom. The van der Waals surface area contributed by atoms with Crippen LogP contribution >= 0.6 is 0 Å². The lowest BCUT2D eigenvalue weighted by Crippen LogP contribution is -2.41. The summed E-state index contributed by atoms with van der Waals surface area (Å²) in [6.07, 6.45) is 5.19. The van der Waals surface area contributed by atoms with Gasteiger partial charge in [0.1, 0.15) is 17.5 Å². The molecule has 1 fully saturated rings. The van der Waals surface area contributed by atoms with E-state index in [4.69, 9.17) is 9.72 Å². The molecule has 1 aromatic carbocycles. The van der Waals surface area contributed by atoms with E-state index in [-0.39, 0.29) is 22.6 Å². The van der Waals surface area contributed by atoms with Crippen molar-refractivity contribution in [2.75, 3.05) is 13.2 Å². The van der Waals surface area contributed by atoms with Gasteiger partial charge in [0.05, 0.1) is 28.1 Å². The molecule has 0 spiro atoms. The van der Waals surface area contributed by atoms with Gasteiger partial charge < -0.3 is 4.74 Å². The summed E-state index contributed by atoms with van der Waals surface area (Å²) in [4.78, 5) is 9.67. The molecule has 0 saturated carbocycles. The minimum atomic E-state index is -0.648. The van der Waals surface area contributed by atoms with Crippen LogP contribution in [0.3, 0.4) is 0 Å². The number of ether oxygens (including phenoxy) is 1. The monoisotopic (exact) mass is 480 g/mol. The van der Waals surface area contributed by atoms with Crippen LogP contribution in [-0.2, 0) is 16.6 Å². The summed E-state index contributed by atoms with van der Waals surface area (Å²) in [6.45, 7) is 12.1. The minimum Gasteiger partial charge on any atom is -0.381 e. The Balaban J connectivity index is 1.87. The number of benzene rings is 1. The van der Waals surface area contributed by atoms with Gasteiger partial charge in [0.15, 0.2) is 0 Å². The van der Waals surface area contributed by atoms with Gasteiger partial charge in [-0.25, -0.2) is 18.7 Å². The number of halogens is 2. The minimum absolute atomic E-state index is 0.148. The first kappa shape index (κ1) is 25.3. The van der Waals surface area contributed by atoms with Crippen molar-refractivity contribution >= 4 is 0 Å². The highest BCUT2D eigenvalue weighted by atomic mass is 19.1. The van der Waals surface area contributed by atoms with Crippen LogP contribution in [0.25, 0.3) is 11.3 Å². The molecule has 1 atom stereocenters. The normalized spacial score (nSPS) is 16.8. The fourth-order valence-electron chi connectivity index (χ4n) is 4.84. The molecule has 0 aliphatic carbocycles. The Bertz CT molecular complexity index is 1170. The molecule has 3 heterocycles. The highest BCUT2D eigenvalue weighted by molar-refractivity contribution is 5.61. The predicted octanol–water partition coefficient (Wildman–Crippen LogP) is 6.41. The molecule has 2 aromatic heterocycles. The van der Waals surface area contributed by atoms with E-state index < -0.39 is 17.0 Å². The second-order valence-electron chi connectivity index (χ2n) is 10.5. The standard InChI is InChI=1S/C28H34F2N4O/c1-6-8-19-17-22(24-20(29)9-7-10-21(24)30)33-34-25(19)28(5,27(2,3)4)23-11-14-31-26(32-23)18-12-15-35-16-13-18/h7,9-11,14,17-18H,6,8,12-13,15-16H2,1-5H3/t28-/m0/s1. The summed E-state index contributed by atoms with van der Waals surface area (Å²) >= 11 is 0. The van der Waals surface area contributed by atoms with Crippen molar-refractivity contribution in [3.05, 3.63) is 70.9 Å². The Morgan fingerprint density at radius 1 is 1.00 bits per heavy atom. The average molecular weight is 481 g/mol. The summed E-state index contributed by atoms with van der Waals surface area (Å²) in [5, 5.41) is 8.99. The molecular weight excluding hydrogens is 446 g/mol. The van der Waals surface area contributed by atoms with Crippen LogP contribution in [0.4, 0.5) is 8.78 Å². The Kier molecular flexibility index (Phi) is 7.27. The zero-order valence-electron chi connectivity index (χ0n) is 21.2. The first-order valence-electron chi connectivity index (χ1n) is 12.4. The fraction of sp³-hybridized carbons (Fsp3) is 0.500. The molecule has 1 saturated heterocycles. The zero-order valence-corrected chi connectivity index (χ0v) is 21.2. The maximum Gasteiger partial charge on any atom is 0.135 e. The third-order valence-electron chi connectivity index (χ3n) is 7.36. The number of aromatic nitrogens is 4. The lowest BCUT2D eigenvalue weighted by atomic mass is 9.62. The molecule has 5 nitrogen and oxygen atoms in total. The van der Waals surface area contributed by atoms with E-state index >= 15 is 0 Å². The number of rotatable bonds is 6. The van der Waals surface area contributed by atoms with Gasteiger partial charge in [-0.1, -0.05) is 40.2 Å². The maximum absolute atomic E-state index is 14.5. The third kappa shape index (κ3) is 4.83. The van der Waals surface area contributed by atoms with Gasteiger partial charge in [-0.15, -0.1) is 5.10 Å². The first-order valence-corrected chi connectivity index (χ1v) is 12.4. The number of nitrogens with zero attached hydrogens (tertiary/aromatic N) is 4. The van der Waals surface area contributed by atoms with Gasteiger partial charge >= 0.3 is 0 Å². The van der Waals surface area contributed by atoms with Crippen LogP contribution in [0.2, 0.25) is 0 Å². The molecule has 1 aliphatic rings. The molecule has 1 aliphatic heterocycles. The van der Waals surface area contributed by atoms with Crippen molar-refractivity contribution < 1.29 is 13.5 Å². The summed E-state index contributed by atoms with van der Waals surface area (Å²) in [6, 6.07) is 7.58. The summed E-state index contributed by atoms with van der Waals surface area (Å²) in [5.74, 6) is -0.202. The lowest BCUT2D eigenvalue weighted by Gasteiger charge is -2.42. The summed E-state index contributed by atoms with van der Waals surface area (Å²) in [5.41, 5.74) is 1.74. The van der Waals surface area contributed by atoms with E-state index in [0.717, 1.165) is 55.3 Å². The molecule has 0 amide bonds. The highest BCUT2D eigenvalue weighted by Gasteiger charge is 2.45. The van der Waals surface area contributed by atoms with Gasteiger partial charge in [-0.2, -0.15) is 5.10 Å². The van der Waals surface area contributed by atoms with Crippen LogP contribution in [0.15, 0.2) is 36.5 Å². The van der Waals surface area contributed by atoms with Crippen molar-refractivity contribution in [1.82, 2.24) is 20.2 Å². The molecule has 3 aromatic rings. The van der Waals surface area contributed by atoms with Gasteiger partial charge in [-0.3, -0.25) is 0 Å². The smallest absolute Gasteiger partial charge is 0.135 e. The average Bonchev–Trinajstić information content (AvgIpc) is 2.84. The SMILES string of the molecule is CCCc1cc(-c2c(F)cccc2F)nnc1[C@](C)(c1ccnc(C2CCOCC2)n1)C(C)(C)C. The van der Waals surface area contributed by atoms with Gasteiger partial charge in [0.25, 0.3) is 0 Å². The van der Waals surface area contributed by atoms with E-state index in [1.165, 1.54) is 18.2 Å². The molecule has 0 bridgehead atoms. The van der Waals surface area contributed by atoms with E-state index in [9.17, 15) is 8.78 Å². The molecule has 0 unspecified atom stereocenters. The lowest BCUT2D eigenvalue weighted by molar-refractivity contribution is 0.0834. The van der Waals surface area contributed by atoms with Gasteiger partial charge in [0.2, 0.25) is 0 Å². The van der Waals surface area contributed by atoms with Crippen LogP contribution in [0, 0.1) is 17.0 Å². The summed E-state index contributed by atoms with van der Waals surface area (Å²) < 4.78 is 34.6. The van der Waals surface area contributed by atoms with Crippen molar-refractivity contribution in [3.63, 3.8) is 0 Å². The molecule has 4 rings (SSSR count). The van der Waals surface area contributed by atoms with E-state index in [1.807, 2.05) is 12.3 Å². The van der Waals surface area contributed by atoms with Crippen molar-refractivity contribution in [3.8, 4) is 11.3 Å². The molecule has 35 heavy (non-hydrogen) atoms. The van der Waals surface area contributed by atoms with Crippen LogP contribution in [0.1, 0.15) is 82.6 Å². The van der Waals surface area contributed by atoms with Gasteiger partial charge in [-0.05, 0) is 61.4 Å². The third-order valence-corrected chi connectivity index (χ3v) is 7.36. The fourth-order valence-corrected chi connectivity index (χ4v) is 4.84. The quantitative estimate of drug-likeness (QED) is 0.408. The molecule has 7 heteroatoms. The maximum atomic E-state index is 14.5. The Labute approximate surface area is 206 Å². The zero-order chi connectivity index (χ0) is 25.2. The number of hydrogen-bond donors (Lipinski definition) is 0. The van der Waals surface area contributed by atoms with Crippen LogP contribution < -0.4 is 0 Å². The topological polar surface area (TPSA) is 60.8 Å². The van der Waals surface area contributed by atoms with Crippen LogP contribution in [-0.4, -0.2) is 33.4 Å². The Hall–Kier alpha value is -2.80. The summed E-state index contributed by atoms with van der Waals surface area (Å²) in [7, 11) is 0. The van der Waals surface area contributed by atoms with E-state index in [2.05, 4.69) is 49.8 Å². The highest BCUT2D eigenvalue weighted by Crippen LogP contribution is 2.47. The van der Waals surface area contributed by atoms with Crippen molar-refractivity contribution in [2.24, 2.45) is 5.41 Å².